The van der Waals surface area contributed by atoms with Crippen molar-refractivity contribution in [3.63, 3.8) is 0 Å². The van der Waals surface area contributed by atoms with Gasteiger partial charge in [-0.3, -0.25) is 0 Å². The fourth-order valence-corrected chi connectivity index (χ4v) is 2.54. The number of carboxylic acids is 1. The van der Waals surface area contributed by atoms with Crippen LogP contribution in [0, 0.1) is 11.6 Å². The van der Waals surface area contributed by atoms with Crippen LogP contribution in [0.25, 0.3) is 0 Å². The molecule has 8 heteroatoms. The van der Waals surface area contributed by atoms with E-state index < -0.39 is 35.3 Å². The SMILES string of the molecule is CC(C)(C)OC(=O)NC(CSCc1ccc(F)c(F)c1)C(=O)O. The highest BCUT2D eigenvalue weighted by molar-refractivity contribution is 7.98. The van der Waals surface area contributed by atoms with E-state index in [1.807, 2.05) is 0 Å². The first-order valence-electron chi connectivity index (χ1n) is 6.82. The van der Waals surface area contributed by atoms with Gasteiger partial charge in [-0.25, -0.2) is 18.4 Å². The van der Waals surface area contributed by atoms with Gasteiger partial charge < -0.3 is 15.2 Å². The number of carboxylic acid groups (broad SMARTS) is 1. The molecule has 1 aromatic rings. The van der Waals surface area contributed by atoms with Gasteiger partial charge in [0.1, 0.15) is 11.6 Å². The third-order valence-corrected chi connectivity index (χ3v) is 3.63. The van der Waals surface area contributed by atoms with Crippen LogP contribution < -0.4 is 5.32 Å². The van der Waals surface area contributed by atoms with Gasteiger partial charge in [-0.2, -0.15) is 11.8 Å². The van der Waals surface area contributed by atoms with Gasteiger partial charge in [0.25, 0.3) is 0 Å². The van der Waals surface area contributed by atoms with Gasteiger partial charge in [0.15, 0.2) is 11.6 Å². The van der Waals surface area contributed by atoms with Crippen LogP contribution in [-0.2, 0) is 15.3 Å². The number of carbonyl (C=O) groups excluding carboxylic acids is 1. The van der Waals surface area contributed by atoms with Gasteiger partial charge in [0, 0.05) is 11.5 Å². The summed E-state index contributed by atoms with van der Waals surface area (Å²) in [5.74, 6) is -2.74. The number of hydrogen-bond acceptors (Lipinski definition) is 4. The third-order valence-electron chi connectivity index (χ3n) is 2.53. The number of hydrogen-bond donors (Lipinski definition) is 2. The molecule has 0 aromatic heterocycles. The van der Waals surface area contributed by atoms with Gasteiger partial charge in [-0.05, 0) is 38.5 Å². The summed E-state index contributed by atoms with van der Waals surface area (Å²) in [6.07, 6.45) is -0.821. The number of ether oxygens (including phenoxy) is 1. The zero-order valence-electron chi connectivity index (χ0n) is 13.1. The summed E-state index contributed by atoms with van der Waals surface area (Å²) in [7, 11) is 0. The highest BCUT2D eigenvalue weighted by Crippen LogP contribution is 2.16. The molecule has 0 fully saturated rings. The van der Waals surface area contributed by atoms with Gasteiger partial charge >= 0.3 is 12.1 Å². The maximum absolute atomic E-state index is 13.1. The summed E-state index contributed by atoms with van der Waals surface area (Å²) in [6.45, 7) is 5.00. The molecule has 0 aliphatic carbocycles. The second-order valence-electron chi connectivity index (χ2n) is 5.80. The lowest BCUT2D eigenvalue weighted by atomic mass is 10.2. The average molecular weight is 347 g/mol. The van der Waals surface area contributed by atoms with Crippen molar-refractivity contribution in [1.29, 1.82) is 0 Å². The number of alkyl carbamates (subject to hydrolysis) is 1. The molecule has 2 N–H and O–H groups in total. The van der Waals surface area contributed by atoms with Crippen LogP contribution >= 0.6 is 11.8 Å². The Morgan fingerprint density at radius 1 is 1.30 bits per heavy atom. The molecule has 5 nitrogen and oxygen atoms in total. The molecule has 1 aromatic carbocycles. The number of thioether (sulfide) groups is 1. The lowest BCUT2D eigenvalue weighted by Gasteiger charge is -2.21. The molecule has 1 amide bonds. The van der Waals surface area contributed by atoms with Crippen LogP contribution in [0.1, 0.15) is 26.3 Å². The van der Waals surface area contributed by atoms with E-state index in [0.717, 1.165) is 12.1 Å². The number of carbonyl (C=O) groups is 2. The van der Waals surface area contributed by atoms with Crippen LogP contribution in [0.2, 0.25) is 0 Å². The van der Waals surface area contributed by atoms with Crippen molar-refractivity contribution in [3.8, 4) is 0 Å². The quantitative estimate of drug-likeness (QED) is 0.827. The third kappa shape index (κ3) is 7.32. The van der Waals surface area contributed by atoms with E-state index >= 15 is 0 Å². The molecule has 0 heterocycles. The van der Waals surface area contributed by atoms with E-state index in [-0.39, 0.29) is 11.5 Å². The van der Waals surface area contributed by atoms with Crippen molar-refractivity contribution in [1.82, 2.24) is 5.32 Å². The topological polar surface area (TPSA) is 75.6 Å². The highest BCUT2D eigenvalue weighted by Gasteiger charge is 2.23. The van der Waals surface area contributed by atoms with Crippen LogP contribution in [0.3, 0.4) is 0 Å². The van der Waals surface area contributed by atoms with Crippen molar-refractivity contribution >= 4 is 23.8 Å². The first-order chi connectivity index (χ1) is 10.6. The van der Waals surface area contributed by atoms with E-state index in [0.29, 0.717) is 5.56 Å². The van der Waals surface area contributed by atoms with Crippen molar-refractivity contribution in [2.45, 2.75) is 38.2 Å². The Labute approximate surface area is 137 Å². The molecule has 128 valence electrons. The van der Waals surface area contributed by atoms with Gasteiger partial charge in [0.2, 0.25) is 0 Å². The summed E-state index contributed by atoms with van der Waals surface area (Å²) >= 11 is 1.18. The van der Waals surface area contributed by atoms with Crippen molar-refractivity contribution in [3.05, 3.63) is 35.4 Å². The monoisotopic (exact) mass is 347 g/mol. The molecule has 0 aliphatic heterocycles. The Bertz CT molecular complexity index is 575. The molecule has 1 atom stereocenters. The predicted molar refractivity (Wildman–Crippen MR) is 83.3 cm³/mol. The second-order valence-corrected chi connectivity index (χ2v) is 6.83. The first kappa shape index (κ1) is 19.2. The second kappa shape index (κ2) is 8.14. The molecule has 0 bridgehead atoms. The van der Waals surface area contributed by atoms with E-state index in [1.165, 1.54) is 17.8 Å². The van der Waals surface area contributed by atoms with Crippen LogP contribution in [0.15, 0.2) is 18.2 Å². The Balaban J connectivity index is 2.52. The summed E-state index contributed by atoms with van der Waals surface area (Å²) in [4.78, 5) is 22.7. The van der Waals surface area contributed by atoms with E-state index in [1.54, 1.807) is 20.8 Å². The highest BCUT2D eigenvalue weighted by atomic mass is 32.2. The van der Waals surface area contributed by atoms with Crippen LogP contribution in [-0.4, -0.2) is 34.6 Å². The van der Waals surface area contributed by atoms with Crippen molar-refractivity contribution in [2.24, 2.45) is 0 Å². The Kier molecular flexibility index (Phi) is 6.80. The molecule has 23 heavy (non-hydrogen) atoms. The summed E-state index contributed by atoms with van der Waals surface area (Å²) < 4.78 is 30.9. The summed E-state index contributed by atoms with van der Waals surface area (Å²) in [5.41, 5.74) is -0.207. The maximum Gasteiger partial charge on any atom is 0.408 e. The minimum Gasteiger partial charge on any atom is -0.480 e. The van der Waals surface area contributed by atoms with Gasteiger partial charge in [-0.1, -0.05) is 6.07 Å². The summed E-state index contributed by atoms with van der Waals surface area (Å²) in [6, 6.07) is 2.35. The number of rotatable bonds is 6. The largest absolute Gasteiger partial charge is 0.480 e. The first-order valence-corrected chi connectivity index (χ1v) is 7.98. The minimum absolute atomic E-state index is 0.0631. The zero-order chi connectivity index (χ0) is 17.6. The Morgan fingerprint density at radius 3 is 2.48 bits per heavy atom. The maximum atomic E-state index is 13.1. The Morgan fingerprint density at radius 2 is 1.96 bits per heavy atom. The molecule has 0 aliphatic rings. The number of halogens is 2. The molecule has 0 spiro atoms. The normalized spacial score (nSPS) is 12.6. The van der Waals surface area contributed by atoms with Crippen LogP contribution in [0.4, 0.5) is 13.6 Å². The predicted octanol–water partition coefficient (Wildman–Crippen LogP) is 3.18. The van der Waals surface area contributed by atoms with Crippen LogP contribution in [0.5, 0.6) is 0 Å². The molecule has 0 saturated heterocycles. The minimum atomic E-state index is -1.20. The summed E-state index contributed by atoms with van der Waals surface area (Å²) in [5, 5.41) is 11.4. The number of nitrogens with one attached hydrogen (secondary N) is 1. The fourth-order valence-electron chi connectivity index (χ4n) is 1.55. The Hall–Kier alpha value is -1.83. The molecule has 1 unspecified atom stereocenters. The molecular formula is C15H19F2NO4S. The van der Waals surface area contributed by atoms with E-state index in [9.17, 15) is 18.4 Å². The number of aliphatic carboxylic acids is 1. The van der Waals surface area contributed by atoms with Crippen molar-refractivity contribution in [2.75, 3.05) is 5.75 Å². The van der Waals surface area contributed by atoms with Gasteiger partial charge in [0.05, 0.1) is 0 Å². The lowest BCUT2D eigenvalue weighted by molar-refractivity contribution is -0.138. The number of amides is 1. The smallest absolute Gasteiger partial charge is 0.408 e. The van der Waals surface area contributed by atoms with E-state index in [2.05, 4.69) is 5.32 Å². The standard InChI is InChI=1S/C15H19F2NO4S/c1-15(2,3)22-14(21)18-12(13(19)20)8-23-7-9-4-5-10(16)11(17)6-9/h4-6,12H,7-8H2,1-3H3,(H,18,21)(H,19,20). The van der Waals surface area contributed by atoms with E-state index in [4.69, 9.17) is 9.84 Å². The number of benzene rings is 1. The zero-order valence-corrected chi connectivity index (χ0v) is 13.9. The molecule has 0 radical (unpaired) electrons. The van der Waals surface area contributed by atoms with Crippen molar-refractivity contribution < 1.29 is 28.2 Å². The average Bonchev–Trinajstić information content (AvgIpc) is 2.39. The molecular weight excluding hydrogens is 328 g/mol. The molecule has 1 rings (SSSR count). The molecule has 0 saturated carbocycles. The van der Waals surface area contributed by atoms with Gasteiger partial charge in [-0.15, -0.1) is 0 Å². The fraction of sp³-hybridized carbons (Fsp3) is 0.467. The lowest BCUT2D eigenvalue weighted by Crippen LogP contribution is -2.44.